The first-order chi connectivity index (χ1) is 8.93. The van der Waals surface area contributed by atoms with E-state index in [1.807, 2.05) is 0 Å². The van der Waals surface area contributed by atoms with Crippen molar-refractivity contribution in [3.05, 3.63) is 18.2 Å². The van der Waals surface area contributed by atoms with E-state index in [4.69, 9.17) is 15.6 Å². The van der Waals surface area contributed by atoms with Crippen molar-refractivity contribution in [2.75, 3.05) is 11.1 Å². The van der Waals surface area contributed by atoms with Crippen LogP contribution in [0.2, 0.25) is 0 Å². The summed E-state index contributed by atoms with van der Waals surface area (Å²) in [4.78, 5) is 0.0632. The number of nitrogens with one attached hydrogen (secondary N) is 1. The summed E-state index contributed by atoms with van der Waals surface area (Å²) in [6.45, 7) is 0. The maximum atomic E-state index is 11.3. The molecule has 1 aromatic rings. The Balaban J connectivity index is 1.84. The molecule has 2 heterocycles. The van der Waals surface area contributed by atoms with E-state index >= 15 is 0 Å². The molecule has 2 fully saturated rings. The highest BCUT2D eigenvalue weighted by Gasteiger charge is 2.40. The molecule has 0 radical (unpaired) electrons. The molecule has 3 atom stereocenters. The first-order valence-corrected chi connectivity index (χ1v) is 7.82. The van der Waals surface area contributed by atoms with Gasteiger partial charge in [-0.25, -0.2) is 13.6 Å². The molecule has 0 aromatic heterocycles. The molecule has 104 valence electrons. The van der Waals surface area contributed by atoms with Gasteiger partial charge in [-0.3, -0.25) is 0 Å². The lowest BCUT2D eigenvalue weighted by molar-refractivity contribution is 0.102. The maximum Gasteiger partial charge on any atom is 0.238 e. The van der Waals surface area contributed by atoms with Crippen LogP contribution in [0.3, 0.4) is 0 Å². The number of hydrogen-bond donors (Lipinski definition) is 3. The number of ether oxygens (including phenoxy) is 1. The van der Waals surface area contributed by atoms with Crippen molar-refractivity contribution in [1.29, 1.82) is 0 Å². The summed E-state index contributed by atoms with van der Waals surface area (Å²) in [5.74, 6) is 0. The second-order valence-electron chi connectivity index (χ2n) is 5.15. The van der Waals surface area contributed by atoms with Gasteiger partial charge in [0.1, 0.15) is 0 Å². The SMILES string of the molecule is Nc1ccc(S(N)(=O)=O)cc1NC1CC2CCC1O2. The van der Waals surface area contributed by atoms with E-state index in [-0.39, 0.29) is 17.0 Å². The number of anilines is 2. The van der Waals surface area contributed by atoms with Gasteiger partial charge in [0.25, 0.3) is 0 Å². The molecular formula is C12H17N3O3S. The van der Waals surface area contributed by atoms with E-state index in [1.165, 1.54) is 12.1 Å². The minimum absolute atomic E-state index is 0.0632. The van der Waals surface area contributed by atoms with Gasteiger partial charge in [-0.15, -0.1) is 0 Å². The molecule has 19 heavy (non-hydrogen) atoms. The zero-order chi connectivity index (χ0) is 13.6. The summed E-state index contributed by atoms with van der Waals surface area (Å²) in [5, 5.41) is 8.41. The fourth-order valence-electron chi connectivity index (χ4n) is 2.83. The normalized spacial score (nSPS) is 29.6. The molecule has 2 aliphatic heterocycles. The van der Waals surface area contributed by atoms with Crippen LogP contribution in [-0.2, 0) is 14.8 Å². The number of fused-ring (bicyclic) bond motifs is 2. The van der Waals surface area contributed by atoms with Crippen molar-refractivity contribution in [3.63, 3.8) is 0 Å². The third-order valence-corrected chi connectivity index (χ3v) is 4.71. The monoisotopic (exact) mass is 283 g/mol. The van der Waals surface area contributed by atoms with Crippen LogP contribution >= 0.6 is 0 Å². The second-order valence-corrected chi connectivity index (χ2v) is 6.72. The van der Waals surface area contributed by atoms with Gasteiger partial charge in [0.2, 0.25) is 10.0 Å². The minimum atomic E-state index is -3.71. The van der Waals surface area contributed by atoms with Crippen molar-refractivity contribution in [2.45, 2.75) is 42.4 Å². The summed E-state index contributed by atoms with van der Waals surface area (Å²) in [6.07, 6.45) is 3.60. The Morgan fingerprint density at radius 3 is 2.68 bits per heavy atom. The molecule has 0 amide bonds. The summed E-state index contributed by atoms with van der Waals surface area (Å²) in [6, 6.07) is 4.64. The van der Waals surface area contributed by atoms with E-state index < -0.39 is 10.0 Å². The van der Waals surface area contributed by atoms with Crippen LogP contribution in [0.4, 0.5) is 11.4 Å². The molecule has 2 aliphatic rings. The number of nitrogens with two attached hydrogens (primary N) is 2. The molecule has 3 unspecified atom stereocenters. The van der Waals surface area contributed by atoms with E-state index in [1.54, 1.807) is 6.07 Å². The number of hydrogen-bond acceptors (Lipinski definition) is 5. The standard InChI is InChI=1S/C12H17N3O3S/c13-9-3-2-8(19(14,16)17)6-10(9)15-11-5-7-1-4-12(11)18-7/h2-3,6-7,11-12,15H,1,4-5,13H2,(H2,14,16,17). The zero-order valence-corrected chi connectivity index (χ0v) is 11.2. The highest BCUT2D eigenvalue weighted by Crippen LogP contribution is 2.37. The molecule has 2 saturated heterocycles. The number of benzene rings is 1. The largest absolute Gasteiger partial charge is 0.397 e. The lowest BCUT2D eigenvalue weighted by Crippen LogP contribution is -2.30. The number of nitrogen functional groups attached to an aromatic ring is 1. The average molecular weight is 283 g/mol. The fourth-order valence-corrected chi connectivity index (χ4v) is 3.37. The number of primary sulfonamides is 1. The Kier molecular flexibility index (Phi) is 2.92. The van der Waals surface area contributed by atoms with Gasteiger partial charge < -0.3 is 15.8 Å². The van der Waals surface area contributed by atoms with E-state index in [0.29, 0.717) is 17.5 Å². The molecule has 6 nitrogen and oxygen atoms in total. The van der Waals surface area contributed by atoms with Crippen LogP contribution in [-0.4, -0.2) is 26.7 Å². The molecule has 3 rings (SSSR count). The van der Waals surface area contributed by atoms with Crippen molar-refractivity contribution in [2.24, 2.45) is 5.14 Å². The van der Waals surface area contributed by atoms with E-state index in [0.717, 1.165) is 19.3 Å². The fraction of sp³-hybridized carbons (Fsp3) is 0.500. The molecule has 0 spiro atoms. The van der Waals surface area contributed by atoms with Crippen molar-refractivity contribution in [1.82, 2.24) is 0 Å². The second kappa shape index (κ2) is 4.36. The molecule has 0 saturated carbocycles. The maximum absolute atomic E-state index is 11.3. The molecule has 2 bridgehead atoms. The Morgan fingerprint density at radius 2 is 2.11 bits per heavy atom. The van der Waals surface area contributed by atoms with Gasteiger partial charge in [-0.1, -0.05) is 0 Å². The molecule has 0 aliphatic carbocycles. The van der Waals surface area contributed by atoms with Crippen LogP contribution < -0.4 is 16.2 Å². The Morgan fingerprint density at radius 1 is 1.32 bits per heavy atom. The first-order valence-electron chi connectivity index (χ1n) is 6.28. The summed E-state index contributed by atoms with van der Waals surface area (Å²) < 4.78 is 28.4. The average Bonchev–Trinajstić information content (AvgIpc) is 2.92. The van der Waals surface area contributed by atoms with Crippen molar-refractivity contribution >= 4 is 21.4 Å². The summed E-state index contributed by atoms with van der Waals surface area (Å²) in [7, 11) is -3.71. The lowest BCUT2D eigenvalue weighted by atomic mass is 9.95. The lowest BCUT2D eigenvalue weighted by Gasteiger charge is -2.22. The van der Waals surface area contributed by atoms with Crippen LogP contribution in [0.25, 0.3) is 0 Å². The quantitative estimate of drug-likeness (QED) is 0.706. The van der Waals surface area contributed by atoms with Crippen molar-refractivity contribution < 1.29 is 13.2 Å². The van der Waals surface area contributed by atoms with E-state index in [2.05, 4.69) is 5.32 Å². The summed E-state index contributed by atoms with van der Waals surface area (Å²) in [5.41, 5.74) is 6.98. The third-order valence-electron chi connectivity index (χ3n) is 3.80. The van der Waals surface area contributed by atoms with Crippen LogP contribution in [0.5, 0.6) is 0 Å². The van der Waals surface area contributed by atoms with Crippen LogP contribution in [0.15, 0.2) is 23.1 Å². The first kappa shape index (κ1) is 12.7. The number of rotatable bonds is 3. The van der Waals surface area contributed by atoms with Gasteiger partial charge in [-0.2, -0.15) is 0 Å². The molecular weight excluding hydrogens is 266 g/mol. The third kappa shape index (κ3) is 2.41. The van der Waals surface area contributed by atoms with Crippen molar-refractivity contribution in [3.8, 4) is 0 Å². The highest BCUT2D eigenvalue weighted by molar-refractivity contribution is 7.89. The number of sulfonamides is 1. The van der Waals surface area contributed by atoms with Gasteiger partial charge in [0, 0.05) is 0 Å². The van der Waals surface area contributed by atoms with Gasteiger partial charge >= 0.3 is 0 Å². The van der Waals surface area contributed by atoms with E-state index in [9.17, 15) is 8.42 Å². The smallest absolute Gasteiger partial charge is 0.238 e. The van der Waals surface area contributed by atoms with Gasteiger partial charge in [0.15, 0.2) is 0 Å². The summed E-state index contributed by atoms with van der Waals surface area (Å²) >= 11 is 0. The highest BCUT2D eigenvalue weighted by atomic mass is 32.2. The van der Waals surface area contributed by atoms with Gasteiger partial charge in [0.05, 0.1) is 34.5 Å². The topological polar surface area (TPSA) is 107 Å². The molecule has 5 N–H and O–H groups in total. The Labute approximate surface area is 112 Å². The van der Waals surface area contributed by atoms with Crippen LogP contribution in [0.1, 0.15) is 19.3 Å². The predicted molar refractivity (Wildman–Crippen MR) is 72.2 cm³/mol. The zero-order valence-electron chi connectivity index (χ0n) is 10.4. The minimum Gasteiger partial charge on any atom is -0.397 e. The Bertz CT molecular complexity index is 602. The predicted octanol–water partition coefficient (Wildman–Crippen LogP) is 0.648. The molecule has 1 aromatic carbocycles. The molecule has 7 heteroatoms. The Hall–Kier alpha value is -1.31. The van der Waals surface area contributed by atoms with Crippen LogP contribution in [0, 0.1) is 0 Å². The van der Waals surface area contributed by atoms with Gasteiger partial charge in [-0.05, 0) is 37.5 Å².